The summed E-state index contributed by atoms with van der Waals surface area (Å²) in [5.74, 6) is 6.53. The maximum Gasteiger partial charge on any atom is 0.239 e. The molecular weight excluding hydrogens is 208 g/mol. The second-order valence-electron chi connectivity index (χ2n) is 3.53. The Labute approximate surface area is 93.0 Å². The lowest BCUT2D eigenvalue weighted by Gasteiger charge is -2.19. The number of anilines is 2. The Kier molecular flexibility index (Phi) is 3.16. The van der Waals surface area contributed by atoms with Crippen molar-refractivity contribution in [3.05, 3.63) is 12.4 Å². The maximum absolute atomic E-state index is 11.4. The van der Waals surface area contributed by atoms with Crippen molar-refractivity contribution in [3.8, 4) is 0 Å². The Balaban J connectivity index is 2.17. The standard InChI is InChI=1S/C9H14N6O/c10-14-7-4-8(13-6-12-7)15-3-1-2-11-9(16)5-15/h4,6H,1-3,5,10H2,(H,11,16)(H,12,13,14). The molecule has 0 saturated carbocycles. The fourth-order valence-corrected chi connectivity index (χ4v) is 1.60. The molecule has 2 rings (SSSR count). The Hall–Kier alpha value is -1.89. The molecule has 0 radical (unpaired) electrons. The summed E-state index contributed by atoms with van der Waals surface area (Å²) in [6, 6.07) is 1.72. The van der Waals surface area contributed by atoms with Gasteiger partial charge in [0.1, 0.15) is 18.0 Å². The van der Waals surface area contributed by atoms with Crippen molar-refractivity contribution in [2.24, 2.45) is 5.84 Å². The molecule has 0 unspecified atom stereocenters. The van der Waals surface area contributed by atoms with Gasteiger partial charge in [0, 0.05) is 19.2 Å². The van der Waals surface area contributed by atoms with Gasteiger partial charge in [-0.05, 0) is 6.42 Å². The largest absolute Gasteiger partial charge is 0.354 e. The molecule has 1 saturated heterocycles. The number of hydrogen-bond donors (Lipinski definition) is 3. The first-order valence-electron chi connectivity index (χ1n) is 5.10. The number of hydrogen-bond acceptors (Lipinski definition) is 6. The Bertz CT molecular complexity index is 382. The molecule has 1 aromatic rings. The van der Waals surface area contributed by atoms with Gasteiger partial charge in [0.25, 0.3) is 0 Å². The maximum atomic E-state index is 11.4. The highest BCUT2D eigenvalue weighted by Gasteiger charge is 2.16. The molecule has 7 heteroatoms. The molecule has 0 bridgehead atoms. The molecule has 86 valence electrons. The van der Waals surface area contributed by atoms with Gasteiger partial charge in [0.05, 0.1) is 6.54 Å². The lowest BCUT2D eigenvalue weighted by molar-refractivity contribution is -0.119. The number of nitrogens with two attached hydrogens (primary N) is 1. The van der Waals surface area contributed by atoms with Gasteiger partial charge < -0.3 is 15.6 Å². The Morgan fingerprint density at radius 2 is 2.38 bits per heavy atom. The van der Waals surface area contributed by atoms with Crippen molar-refractivity contribution >= 4 is 17.5 Å². The average Bonchev–Trinajstić information content (AvgIpc) is 2.54. The first kappa shape index (κ1) is 10.6. The van der Waals surface area contributed by atoms with E-state index in [1.54, 1.807) is 6.07 Å². The van der Waals surface area contributed by atoms with E-state index in [4.69, 9.17) is 5.84 Å². The van der Waals surface area contributed by atoms with E-state index in [0.717, 1.165) is 13.0 Å². The monoisotopic (exact) mass is 222 g/mol. The third-order valence-corrected chi connectivity index (χ3v) is 2.39. The molecule has 1 aliphatic heterocycles. The SMILES string of the molecule is NNc1cc(N2CCCNC(=O)C2)ncn1. The molecule has 4 N–H and O–H groups in total. The van der Waals surface area contributed by atoms with Crippen molar-refractivity contribution in [2.75, 3.05) is 30.0 Å². The van der Waals surface area contributed by atoms with Crippen LogP contribution in [0.4, 0.5) is 11.6 Å². The molecule has 1 fully saturated rings. The van der Waals surface area contributed by atoms with Crippen molar-refractivity contribution in [1.29, 1.82) is 0 Å². The fraction of sp³-hybridized carbons (Fsp3) is 0.444. The molecule has 16 heavy (non-hydrogen) atoms. The van der Waals surface area contributed by atoms with Gasteiger partial charge in [-0.15, -0.1) is 0 Å². The van der Waals surface area contributed by atoms with E-state index in [9.17, 15) is 4.79 Å². The molecule has 0 spiro atoms. The second kappa shape index (κ2) is 4.75. The van der Waals surface area contributed by atoms with Crippen molar-refractivity contribution < 1.29 is 4.79 Å². The van der Waals surface area contributed by atoms with Gasteiger partial charge in [-0.3, -0.25) is 4.79 Å². The number of amides is 1. The first-order valence-corrected chi connectivity index (χ1v) is 5.10. The highest BCUT2D eigenvalue weighted by atomic mass is 16.2. The summed E-state index contributed by atoms with van der Waals surface area (Å²) in [6.45, 7) is 1.82. The van der Waals surface area contributed by atoms with E-state index in [-0.39, 0.29) is 5.91 Å². The summed E-state index contributed by atoms with van der Waals surface area (Å²) in [6.07, 6.45) is 2.33. The fourth-order valence-electron chi connectivity index (χ4n) is 1.60. The van der Waals surface area contributed by atoms with Crippen molar-refractivity contribution in [3.63, 3.8) is 0 Å². The summed E-state index contributed by atoms with van der Waals surface area (Å²) in [5, 5.41) is 2.81. The predicted molar refractivity (Wildman–Crippen MR) is 59.7 cm³/mol. The third kappa shape index (κ3) is 2.37. The highest BCUT2D eigenvalue weighted by molar-refractivity contribution is 5.81. The number of carbonyl (C=O) groups is 1. The van der Waals surface area contributed by atoms with Crippen LogP contribution in [0.2, 0.25) is 0 Å². The summed E-state index contributed by atoms with van der Waals surface area (Å²) < 4.78 is 0. The van der Waals surface area contributed by atoms with E-state index in [1.807, 2.05) is 4.90 Å². The van der Waals surface area contributed by atoms with E-state index < -0.39 is 0 Å². The van der Waals surface area contributed by atoms with Gasteiger partial charge in [-0.1, -0.05) is 0 Å². The number of nitrogens with one attached hydrogen (secondary N) is 2. The van der Waals surface area contributed by atoms with Gasteiger partial charge >= 0.3 is 0 Å². The van der Waals surface area contributed by atoms with Gasteiger partial charge in [0.15, 0.2) is 0 Å². The molecular formula is C9H14N6O. The number of nitrogen functional groups attached to an aromatic ring is 1. The zero-order valence-electron chi connectivity index (χ0n) is 8.81. The number of hydrazine groups is 1. The Morgan fingerprint density at radius 3 is 3.19 bits per heavy atom. The second-order valence-corrected chi connectivity index (χ2v) is 3.53. The van der Waals surface area contributed by atoms with Crippen LogP contribution >= 0.6 is 0 Å². The zero-order chi connectivity index (χ0) is 11.4. The number of carbonyl (C=O) groups excluding carboxylic acids is 1. The predicted octanol–water partition coefficient (Wildman–Crippen LogP) is -0.912. The number of aromatic nitrogens is 2. The minimum absolute atomic E-state index is 0.0124. The van der Waals surface area contributed by atoms with Gasteiger partial charge in [-0.25, -0.2) is 15.8 Å². The molecule has 7 nitrogen and oxygen atoms in total. The van der Waals surface area contributed by atoms with Crippen LogP contribution in [0.15, 0.2) is 12.4 Å². The lowest BCUT2D eigenvalue weighted by atomic mass is 10.4. The van der Waals surface area contributed by atoms with Crippen molar-refractivity contribution in [2.45, 2.75) is 6.42 Å². The number of rotatable bonds is 2. The van der Waals surface area contributed by atoms with Gasteiger partial charge in [-0.2, -0.15) is 0 Å². The van der Waals surface area contributed by atoms with E-state index in [1.165, 1.54) is 6.33 Å². The summed E-state index contributed by atoms with van der Waals surface area (Å²) in [4.78, 5) is 21.3. The lowest BCUT2D eigenvalue weighted by Crippen LogP contribution is -2.33. The van der Waals surface area contributed by atoms with Crippen LogP contribution in [0.3, 0.4) is 0 Å². The van der Waals surface area contributed by atoms with Crippen LogP contribution < -0.4 is 21.5 Å². The van der Waals surface area contributed by atoms with E-state index in [0.29, 0.717) is 24.7 Å². The third-order valence-electron chi connectivity index (χ3n) is 2.39. The first-order chi connectivity index (χ1) is 7.79. The Morgan fingerprint density at radius 1 is 1.50 bits per heavy atom. The average molecular weight is 222 g/mol. The summed E-state index contributed by atoms with van der Waals surface area (Å²) in [7, 11) is 0. The normalized spacial score (nSPS) is 16.6. The van der Waals surface area contributed by atoms with Crippen LogP contribution in [-0.4, -0.2) is 35.5 Å². The van der Waals surface area contributed by atoms with E-state index >= 15 is 0 Å². The smallest absolute Gasteiger partial charge is 0.239 e. The summed E-state index contributed by atoms with van der Waals surface area (Å²) in [5.41, 5.74) is 2.45. The van der Waals surface area contributed by atoms with Crippen LogP contribution in [0.1, 0.15) is 6.42 Å². The molecule has 1 aliphatic rings. The van der Waals surface area contributed by atoms with E-state index in [2.05, 4.69) is 20.7 Å². The topological polar surface area (TPSA) is 96.2 Å². The van der Waals surface area contributed by atoms with Crippen LogP contribution in [-0.2, 0) is 4.79 Å². The van der Waals surface area contributed by atoms with Crippen LogP contribution in [0.5, 0.6) is 0 Å². The minimum Gasteiger partial charge on any atom is -0.354 e. The molecule has 2 heterocycles. The molecule has 1 amide bonds. The minimum atomic E-state index is 0.0124. The molecule has 0 aromatic carbocycles. The quantitative estimate of drug-likeness (QED) is 0.443. The van der Waals surface area contributed by atoms with Crippen LogP contribution in [0.25, 0.3) is 0 Å². The van der Waals surface area contributed by atoms with Crippen molar-refractivity contribution in [1.82, 2.24) is 15.3 Å². The zero-order valence-corrected chi connectivity index (χ0v) is 8.81. The highest BCUT2D eigenvalue weighted by Crippen LogP contribution is 2.14. The summed E-state index contributed by atoms with van der Waals surface area (Å²) >= 11 is 0. The molecule has 0 aliphatic carbocycles. The molecule has 1 aromatic heterocycles. The number of nitrogens with zero attached hydrogens (tertiary/aromatic N) is 3. The van der Waals surface area contributed by atoms with Gasteiger partial charge in [0.2, 0.25) is 5.91 Å². The molecule has 0 atom stereocenters. The van der Waals surface area contributed by atoms with Crippen LogP contribution in [0, 0.1) is 0 Å².